The Morgan fingerprint density at radius 2 is 2.06 bits per heavy atom. The molecule has 3 unspecified atom stereocenters. The molecule has 0 amide bonds. The van der Waals surface area contributed by atoms with Crippen molar-refractivity contribution in [3.63, 3.8) is 0 Å². The van der Waals surface area contributed by atoms with Crippen molar-refractivity contribution >= 4 is 5.97 Å². The summed E-state index contributed by atoms with van der Waals surface area (Å²) in [6.07, 6.45) is 0. The van der Waals surface area contributed by atoms with Gasteiger partial charge < -0.3 is 15.3 Å². The number of nitrogens with zero attached hydrogens (tertiary/aromatic N) is 2. The molecule has 1 saturated heterocycles. The minimum Gasteiger partial charge on any atom is -0.481 e. The van der Waals surface area contributed by atoms with Gasteiger partial charge in [0.15, 0.2) is 0 Å². The molecule has 3 atom stereocenters. The molecule has 0 bridgehead atoms. The van der Waals surface area contributed by atoms with E-state index in [2.05, 4.69) is 29.2 Å². The summed E-state index contributed by atoms with van der Waals surface area (Å²) in [4.78, 5) is 15.5. The molecular weight excluding hydrogens is 218 g/mol. The quantitative estimate of drug-likeness (QED) is 0.708. The molecule has 0 aromatic carbocycles. The molecule has 1 aliphatic heterocycles. The first kappa shape index (κ1) is 14.4. The zero-order chi connectivity index (χ0) is 13.0. The molecule has 1 heterocycles. The van der Waals surface area contributed by atoms with Gasteiger partial charge >= 0.3 is 5.97 Å². The zero-order valence-corrected chi connectivity index (χ0v) is 11.3. The van der Waals surface area contributed by atoms with Crippen molar-refractivity contribution in [2.75, 3.05) is 40.3 Å². The van der Waals surface area contributed by atoms with Gasteiger partial charge in [0, 0.05) is 38.3 Å². The standard InChI is InChI=1S/C12H25N3O2/c1-9(12(16)17)10(2)13-7-11-8-14(3)5-6-15(11)4/h9-11,13H,5-8H2,1-4H3,(H,16,17). The molecule has 0 aromatic rings. The van der Waals surface area contributed by atoms with Crippen LogP contribution in [-0.2, 0) is 4.79 Å². The lowest BCUT2D eigenvalue weighted by molar-refractivity contribution is -0.141. The number of piperazine rings is 1. The number of nitrogens with one attached hydrogen (secondary N) is 1. The van der Waals surface area contributed by atoms with Crippen molar-refractivity contribution in [2.24, 2.45) is 5.92 Å². The lowest BCUT2D eigenvalue weighted by atomic mass is 10.0. The second-order valence-electron chi connectivity index (χ2n) is 5.22. The molecule has 100 valence electrons. The molecule has 17 heavy (non-hydrogen) atoms. The van der Waals surface area contributed by atoms with Crippen molar-refractivity contribution in [1.82, 2.24) is 15.1 Å². The van der Waals surface area contributed by atoms with E-state index in [0.717, 1.165) is 26.2 Å². The summed E-state index contributed by atoms with van der Waals surface area (Å²) < 4.78 is 0. The van der Waals surface area contributed by atoms with Crippen LogP contribution in [0.2, 0.25) is 0 Å². The Morgan fingerprint density at radius 3 is 2.65 bits per heavy atom. The monoisotopic (exact) mass is 243 g/mol. The minimum atomic E-state index is -0.737. The zero-order valence-electron chi connectivity index (χ0n) is 11.3. The number of hydrogen-bond donors (Lipinski definition) is 2. The summed E-state index contributed by atoms with van der Waals surface area (Å²) in [7, 11) is 4.26. The van der Waals surface area contributed by atoms with Gasteiger partial charge in [0.1, 0.15) is 0 Å². The molecule has 1 aliphatic rings. The van der Waals surface area contributed by atoms with Crippen molar-refractivity contribution in [1.29, 1.82) is 0 Å². The minimum absolute atomic E-state index is 0.00753. The molecule has 5 nitrogen and oxygen atoms in total. The highest BCUT2D eigenvalue weighted by Gasteiger charge is 2.24. The molecule has 0 aliphatic carbocycles. The largest absolute Gasteiger partial charge is 0.481 e. The van der Waals surface area contributed by atoms with Crippen molar-refractivity contribution in [3.8, 4) is 0 Å². The van der Waals surface area contributed by atoms with Crippen LogP contribution in [0, 0.1) is 5.92 Å². The van der Waals surface area contributed by atoms with Gasteiger partial charge in [-0.1, -0.05) is 6.92 Å². The SMILES string of the molecule is CC(NCC1CN(C)CCN1C)C(C)C(=O)O. The summed E-state index contributed by atoms with van der Waals surface area (Å²) in [5.41, 5.74) is 0. The van der Waals surface area contributed by atoms with E-state index in [1.165, 1.54) is 0 Å². The van der Waals surface area contributed by atoms with Gasteiger partial charge in [0.25, 0.3) is 0 Å². The van der Waals surface area contributed by atoms with Crippen LogP contribution in [0.15, 0.2) is 0 Å². The molecule has 0 spiro atoms. The molecular formula is C12H25N3O2. The van der Waals surface area contributed by atoms with Crippen molar-refractivity contribution in [2.45, 2.75) is 25.9 Å². The number of carboxylic acids is 1. The topological polar surface area (TPSA) is 55.8 Å². The summed E-state index contributed by atoms with van der Waals surface area (Å²) in [5.74, 6) is -1.08. The van der Waals surface area contributed by atoms with E-state index in [4.69, 9.17) is 5.11 Å². The van der Waals surface area contributed by atoms with Gasteiger partial charge in [-0.2, -0.15) is 0 Å². The molecule has 0 radical (unpaired) electrons. The van der Waals surface area contributed by atoms with E-state index < -0.39 is 5.97 Å². The number of hydrogen-bond acceptors (Lipinski definition) is 4. The van der Waals surface area contributed by atoms with Crippen LogP contribution in [0.25, 0.3) is 0 Å². The Balaban J connectivity index is 2.36. The van der Waals surface area contributed by atoms with E-state index >= 15 is 0 Å². The van der Waals surface area contributed by atoms with Crippen LogP contribution in [0.3, 0.4) is 0 Å². The number of carboxylic acid groups (broad SMARTS) is 1. The maximum absolute atomic E-state index is 10.8. The van der Waals surface area contributed by atoms with Gasteiger partial charge in [-0.15, -0.1) is 0 Å². The fraction of sp³-hybridized carbons (Fsp3) is 0.917. The van der Waals surface area contributed by atoms with Crippen LogP contribution in [0.5, 0.6) is 0 Å². The average Bonchev–Trinajstić information content (AvgIpc) is 2.28. The lowest BCUT2D eigenvalue weighted by Gasteiger charge is -2.38. The fourth-order valence-electron chi connectivity index (χ4n) is 2.03. The third-order valence-corrected chi connectivity index (χ3v) is 3.80. The number of aliphatic carboxylic acids is 1. The maximum atomic E-state index is 10.8. The average molecular weight is 243 g/mol. The van der Waals surface area contributed by atoms with Gasteiger partial charge in [0.2, 0.25) is 0 Å². The van der Waals surface area contributed by atoms with Gasteiger partial charge in [0.05, 0.1) is 5.92 Å². The first-order valence-corrected chi connectivity index (χ1v) is 6.26. The lowest BCUT2D eigenvalue weighted by Crippen LogP contribution is -2.55. The van der Waals surface area contributed by atoms with E-state index in [0.29, 0.717) is 6.04 Å². The summed E-state index contributed by atoms with van der Waals surface area (Å²) >= 11 is 0. The molecule has 1 fully saturated rings. The summed E-state index contributed by atoms with van der Waals surface area (Å²) in [6, 6.07) is 0.477. The van der Waals surface area contributed by atoms with Crippen molar-refractivity contribution in [3.05, 3.63) is 0 Å². The second-order valence-corrected chi connectivity index (χ2v) is 5.22. The first-order valence-electron chi connectivity index (χ1n) is 6.26. The fourth-order valence-corrected chi connectivity index (χ4v) is 2.03. The highest BCUT2D eigenvalue weighted by molar-refractivity contribution is 5.70. The Labute approximate surface area is 104 Å². The van der Waals surface area contributed by atoms with Crippen molar-refractivity contribution < 1.29 is 9.90 Å². The maximum Gasteiger partial charge on any atom is 0.307 e. The highest BCUT2D eigenvalue weighted by Crippen LogP contribution is 2.07. The summed E-state index contributed by atoms with van der Waals surface area (Å²) in [5, 5.41) is 12.3. The second kappa shape index (κ2) is 6.33. The van der Waals surface area contributed by atoms with Gasteiger partial charge in [-0.05, 0) is 21.0 Å². The Bertz CT molecular complexity index is 260. The molecule has 5 heteroatoms. The Kier molecular flexibility index (Phi) is 5.36. The predicted molar refractivity (Wildman–Crippen MR) is 68.2 cm³/mol. The van der Waals surface area contributed by atoms with E-state index in [1.54, 1.807) is 6.92 Å². The Hall–Kier alpha value is -0.650. The van der Waals surface area contributed by atoms with E-state index in [-0.39, 0.29) is 12.0 Å². The van der Waals surface area contributed by atoms with E-state index in [9.17, 15) is 4.79 Å². The Morgan fingerprint density at radius 1 is 1.41 bits per heavy atom. The highest BCUT2D eigenvalue weighted by atomic mass is 16.4. The normalized spacial score (nSPS) is 26.7. The number of carbonyl (C=O) groups is 1. The molecule has 2 N–H and O–H groups in total. The van der Waals surface area contributed by atoms with E-state index in [1.807, 2.05) is 6.92 Å². The molecule has 1 rings (SSSR count). The van der Waals surface area contributed by atoms with Crippen LogP contribution in [0.4, 0.5) is 0 Å². The van der Waals surface area contributed by atoms with Crippen LogP contribution < -0.4 is 5.32 Å². The predicted octanol–water partition coefficient (Wildman–Crippen LogP) is -0.0690. The third kappa shape index (κ3) is 4.26. The number of likely N-dealkylation sites (N-methyl/N-ethyl adjacent to an activating group) is 2. The van der Waals surface area contributed by atoms with Crippen LogP contribution >= 0.6 is 0 Å². The summed E-state index contributed by atoms with van der Waals surface area (Å²) in [6.45, 7) is 7.75. The van der Waals surface area contributed by atoms with Gasteiger partial charge in [-0.3, -0.25) is 9.69 Å². The number of rotatable bonds is 5. The third-order valence-electron chi connectivity index (χ3n) is 3.80. The van der Waals surface area contributed by atoms with Crippen LogP contribution in [-0.4, -0.2) is 73.2 Å². The molecule has 0 saturated carbocycles. The van der Waals surface area contributed by atoms with Gasteiger partial charge in [-0.25, -0.2) is 0 Å². The smallest absolute Gasteiger partial charge is 0.307 e. The molecule has 0 aromatic heterocycles. The van der Waals surface area contributed by atoms with Crippen LogP contribution in [0.1, 0.15) is 13.8 Å². The first-order chi connectivity index (χ1) is 7.91.